The molecule has 0 fully saturated rings. The van der Waals surface area contributed by atoms with Gasteiger partial charge in [-0.15, -0.1) is 0 Å². The third kappa shape index (κ3) is 4.56. The zero-order valence-electron chi connectivity index (χ0n) is 10.6. The molecule has 0 unspecified atom stereocenters. The number of carbonyl (C=O) groups excluding carboxylic acids is 1. The zero-order valence-corrected chi connectivity index (χ0v) is 10.6. The van der Waals surface area contributed by atoms with Gasteiger partial charge in [-0.1, -0.05) is 13.8 Å². The van der Waals surface area contributed by atoms with Gasteiger partial charge in [0.05, 0.1) is 12.0 Å². The number of nitrogens with two attached hydrogens (primary N) is 1. The van der Waals surface area contributed by atoms with E-state index in [0.29, 0.717) is 13.1 Å². The Morgan fingerprint density at radius 3 is 2.82 bits per heavy atom. The average molecular weight is 238 g/mol. The normalized spacial score (nSPS) is 10.8. The van der Waals surface area contributed by atoms with Crippen LogP contribution < -0.4 is 11.1 Å². The molecule has 0 aliphatic rings. The molecular formula is C12H22N4O. The molecule has 3 N–H and O–H groups in total. The number of imidazole rings is 1. The van der Waals surface area contributed by atoms with E-state index >= 15 is 0 Å². The predicted molar refractivity (Wildman–Crippen MR) is 67.5 cm³/mol. The predicted octanol–water partition coefficient (Wildman–Crippen LogP) is 0.689. The highest BCUT2D eigenvalue weighted by Gasteiger charge is 2.09. The molecule has 0 saturated carbocycles. The number of nitrogens with one attached hydrogen (secondary N) is 1. The van der Waals surface area contributed by atoms with Crippen molar-refractivity contribution in [2.24, 2.45) is 5.73 Å². The van der Waals surface area contributed by atoms with Crippen molar-refractivity contribution >= 4 is 5.91 Å². The maximum Gasteiger partial charge on any atom is 0.240 e. The lowest BCUT2D eigenvalue weighted by molar-refractivity contribution is -0.122. The summed E-state index contributed by atoms with van der Waals surface area (Å²) in [6, 6.07) is 0.273. The summed E-state index contributed by atoms with van der Waals surface area (Å²) in [5.74, 6) is 0.0374. The standard InChI is InChI=1S/C12H22N4O/c1-3-10(4-2)15-12(17)8-16-7-11(5-6-13)14-9-16/h7,9-10H,3-6,8,13H2,1-2H3,(H,15,17). The number of rotatable bonds is 7. The molecule has 17 heavy (non-hydrogen) atoms. The van der Waals surface area contributed by atoms with Gasteiger partial charge in [-0.3, -0.25) is 4.79 Å². The minimum Gasteiger partial charge on any atom is -0.352 e. The molecule has 0 atom stereocenters. The second-order valence-electron chi connectivity index (χ2n) is 4.16. The monoisotopic (exact) mass is 238 g/mol. The highest BCUT2D eigenvalue weighted by molar-refractivity contribution is 5.76. The van der Waals surface area contributed by atoms with Crippen LogP contribution in [0.15, 0.2) is 12.5 Å². The van der Waals surface area contributed by atoms with Crippen LogP contribution in [0.5, 0.6) is 0 Å². The molecule has 5 nitrogen and oxygen atoms in total. The van der Waals surface area contributed by atoms with Gasteiger partial charge in [-0.25, -0.2) is 4.98 Å². The van der Waals surface area contributed by atoms with Gasteiger partial charge in [0.1, 0.15) is 6.54 Å². The number of aromatic nitrogens is 2. The highest BCUT2D eigenvalue weighted by Crippen LogP contribution is 1.99. The average Bonchev–Trinajstić information content (AvgIpc) is 2.74. The minimum atomic E-state index is 0.0374. The summed E-state index contributed by atoms with van der Waals surface area (Å²) in [5.41, 5.74) is 6.38. The summed E-state index contributed by atoms with van der Waals surface area (Å²) in [4.78, 5) is 15.9. The number of amides is 1. The van der Waals surface area contributed by atoms with Crippen molar-refractivity contribution < 1.29 is 4.79 Å². The van der Waals surface area contributed by atoms with Crippen LogP contribution in [-0.4, -0.2) is 28.0 Å². The molecule has 0 aliphatic carbocycles. The molecule has 0 saturated heterocycles. The third-order valence-electron chi connectivity index (χ3n) is 2.76. The number of hydrogen-bond donors (Lipinski definition) is 2. The van der Waals surface area contributed by atoms with E-state index < -0.39 is 0 Å². The fourth-order valence-corrected chi connectivity index (χ4v) is 1.70. The van der Waals surface area contributed by atoms with Crippen LogP contribution in [-0.2, 0) is 17.8 Å². The van der Waals surface area contributed by atoms with Crippen molar-refractivity contribution in [2.75, 3.05) is 6.54 Å². The lowest BCUT2D eigenvalue weighted by atomic mass is 10.2. The van der Waals surface area contributed by atoms with Gasteiger partial charge in [-0.2, -0.15) is 0 Å². The van der Waals surface area contributed by atoms with Crippen molar-refractivity contribution in [3.63, 3.8) is 0 Å². The molecule has 96 valence electrons. The lowest BCUT2D eigenvalue weighted by Crippen LogP contribution is -2.36. The molecule has 0 radical (unpaired) electrons. The van der Waals surface area contributed by atoms with E-state index in [1.54, 1.807) is 10.9 Å². The van der Waals surface area contributed by atoms with E-state index in [1.807, 2.05) is 6.20 Å². The second kappa shape index (κ2) is 7.06. The third-order valence-corrected chi connectivity index (χ3v) is 2.76. The van der Waals surface area contributed by atoms with E-state index in [9.17, 15) is 4.79 Å². The van der Waals surface area contributed by atoms with Gasteiger partial charge >= 0.3 is 0 Å². The minimum absolute atomic E-state index is 0.0374. The first-order chi connectivity index (χ1) is 8.19. The van der Waals surface area contributed by atoms with Crippen LogP contribution in [0.4, 0.5) is 0 Å². The highest BCUT2D eigenvalue weighted by atomic mass is 16.2. The second-order valence-corrected chi connectivity index (χ2v) is 4.16. The topological polar surface area (TPSA) is 72.9 Å². The molecule has 0 aliphatic heterocycles. The molecule has 5 heteroatoms. The number of nitrogens with zero attached hydrogens (tertiary/aromatic N) is 2. The van der Waals surface area contributed by atoms with Gasteiger partial charge in [0.2, 0.25) is 5.91 Å². The van der Waals surface area contributed by atoms with Crippen LogP contribution in [0.2, 0.25) is 0 Å². The molecule has 1 rings (SSSR count). The first kappa shape index (κ1) is 13.7. The van der Waals surface area contributed by atoms with E-state index in [0.717, 1.165) is 25.0 Å². The Balaban J connectivity index is 2.44. The van der Waals surface area contributed by atoms with Gasteiger partial charge in [0.15, 0.2) is 0 Å². The van der Waals surface area contributed by atoms with Crippen molar-refractivity contribution in [1.82, 2.24) is 14.9 Å². The Labute approximate surface area is 102 Å². The fraction of sp³-hybridized carbons (Fsp3) is 0.667. The van der Waals surface area contributed by atoms with Gasteiger partial charge < -0.3 is 15.6 Å². The van der Waals surface area contributed by atoms with E-state index in [1.165, 1.54) is 0 Å². The largest absolute Gasteiger partial charge is 0.352 e. The Morgan fingerprint density at radius 2 is 2.24 bits per heavy atom. The quantitative estimate of drug-likeness (QED) is 0.734. The van der Waals surface area contributed by atoms with E-state index in [-0.39, 0.29) is 11.9 Å². The Hall–Kier alpha value is -1.36. The van der Waals surface area contributed by atoms with Crippen LogP contribution in [0.25, 0.3) is 0 Å². The molecule has 0 aromatic carbocycles. The molecule has 1 aromatic heterocycles. The van der Waals surface area contributed by atoms with Gasteiger partial charge in [-0.05, 0) is 19.4 Å². The summed E-state index contributed by atoms with van der Waals surface area (Å²) in [6.45, 7) is 5.06. The Kier molecular flexibility index (Phi) is 5.69. The number of carbonyl (C=O) groups is 1. The SMILES string of the molecule is CCC(CC)NC(=O)Cn1cnc(CCN)c1. The molecule has 0 spiro atoms. The fourth-order valence-electron chi connectivity index (χ4n) is 1.70. The molecule has 1 heterocycles. The first-order valence-corrected chi connectivity index (χ1v) is 6.19. The van der Waals surface area contributed by atoms with E-state index in [4.69, 9.17) is 5.73 Å². The Bertz CT molecular complexity index is 344. The smallest absolute Gasteiger partial charge is 0.240 e. The van der Waals surface area contributed by atoms with Gasteiger partial charge in [0.25, 0.3) is 0 Å². The van der Waals surface area contributed by atoms with Crippen molar-refractivity contribution in [2.45, 2.75) is 45.7 Å². The van der Waals surface area contributed by atoms with Crippen LogP contribution >= 0.6 is 0 Å². The summed E-state index contributed by atoms with van der Waals surface area (Å²) in [7, 11) is 0. The van der Waals surface area contributed by atoms with Gasteiger partial charge in [0, 0.05) is 18.7 Å². The summed E-state index contributed by atoms with van der Waals surface area (Å²) in [5, 5.41) is 2.99. The maximum absolute atomic E-state index is 11.7. The number of hydrogen-bond acceptors (Lipinski definition) is 3. The van der Waals surface area contributed by atoms with Crippen LogP contribution in [0, 0.1) is 0 Å². The van der Waals surface area contributed by atoms with Crippen LogP contribution in [0.1, 0.15) is 32.4 Å². The first-order valence-electron chi connectivity index (χ1n) is 6.19. The van der Waals surface area contributed by atoms with Crippen molar-refractivity contribution in [3.05, 3.63) is 18.2 Å². The lowest BCUT2D eigenvalue weighted by Gasteiger charge is -2.14. The molecule has 0 bridgehead atoms. The maximum atomic E-state index is 11.7. The molecule has 1 amide bonds. The zero-order chi connectivity index (χ0) is 12.7. The summed E-state index contributed by atoms with van der Waals surface area (Å²) in [6.07, 6.45) is 6.23. The summed E-state index contributed by atoms with van der Waals surface area (Å²) >= 11 is 0. The van der Waals surface area contributed by atoms with E-state index in [2.05, 4.69) is 24.1 Å². The summed E-state index contributed by atoms with van der Waals surface area (Å²) < 4.78 is 1.79. The molecule has 1 aromatic rings. The Morgan fingerprint density at radius 1 is 1.53 bits per heavy atom. The molecular weight excluding hydrogens is 216 g/mol. The van der Waals surface area contributed by atoms with Crippen molar-refractivity contribution in [3.8, 4) is 0 Å². The van der Waals surface area contributed by atoms with Crippen LogP contribution in [0.3, 0.4) is 0 Å². The van der Waals surface area contributed by atoms with Crippen molar-refractivity contribution in [1.29, 1.82) is 0 Å².